The van der Waals surface area contributed by atoms with Crippen LogP contribution in [0, 0.1) is 0 Å². The number of hydrogen-bond acceptors (Lipinski definition) is 4. The Morgan fingerprint density at radius 1 is 1.59 bits per heavy atom. The lowest BCUT2D eigenvalue weighted by atomic mass is 10.3. The third-order valence-electron chi connectivity index (χ3n) is 2.75. The molecule has 0 saturated carbocycles. The van der Waals surface area contributed by atoms with Gasteiger partial charge in [0.15, 0.2) is 0 Å². The summed E-state index contributed by atoms with van der Waals surface area (Å²) in [5, 5.41) is 11.9. The van der Waals surface area contributed by atoms with Crippen LogP contribution in [0.25, 0.3) is 0 Å². The highest BCUT2D eigenvalue weighted by Crippen LogP contribution is 2.29. The number of hydrogen-bond donors (Lipinski definition) is 2. The first-order chi connectivity index (χ1) is 7.99. The molecule has 1 rings (SSSR count). The van der Waals surface area contributed by atoms with E-state index in [-0.39, 0.29) is 11.4 Å². The van der Waals surface area contributed by atoms with E-state index in [0.29, 0.717) is 18.8 Å². The van der Waals surface area contributed by atoms with Crippen molar-refractivity contribution in [3.63, 3.8) is 0 Å². The van der Waals surface area contributed by atoms with Gasteiger partial charge in [0.1, 0.15) is 6.04 Å². The molecule has 1 fully saturated rings. The number of thioether (sulfide) groups is 1. The van der Waals surface area contributed by atoms with Crippen LogP contribution >= 0.6 is 11.8 Å². The predicted octanol–water partition coefficient (Wildman–Crippen LogP) is 0.106. The molecule has 0 spiro atoms. The van der Waals surface area contributed by atoms with E-state index in [2.05, 4.69) is 5.32 Å². The summed E-state index contributed by atoms with van der Waals surface area (Å²) in [6.07, 6.45) is 0. The molecular formula is C10H19N3O3S. The summed E-state index contributed by atoms with van der Waals surface area (Å²) in [6, 6.07) is -0.926. The second kappa shape index (κ2) is 6.11. The Morgan fingerprint density at radius 2 is 2.24 bits per heavy atom. The van der Waals surface area contributed by atoms with Gasteiger partial charge in [-0.25, -0.2) is 9.59 Å². The standard InChI is InChI=1S/C10H19N3O3S/c1-7-13(8(6-17-7)9(14)15)10(16)12(3)5-4-11-2/h7-8,11H,4-6H2,1-3H3,(H,14,15). The third kappa shape index (κ3) is 3.26. The van der Waals surface area contributed by atoms with Crippen LogP contribution in [0.4, 0.5) is 4.79 Å². The minimum Gasteiger partial charge on any atom is -0.480 e. The number of urea groups is 1. The van der Waals surface area contributed by atoms with Gasteiger partial charge in [-0.05, 0) is 14.0 Å². The van der Waals surface area contributed by atoms with Crippen molar-refractivity contribution < 1.29 is 14.7 Å². The molecule has 0 aliphatic carbocycles. The quantitative estimate of drug-likeness (QED) is 0.751. The summed E-state index contributed by atoms with van der Waals surface area (Å²) in [4.78, 5) is 26.2. The number of likely N-dealkylation sites (N-methyl/N-ethyl adjacent to an activating group) is 2. The number of carboxylic acid groups (broad SMARTS) is 1. The molecule has 1 saturated heterocycles. The lowest BCUT2D eigenvalue weighted by Gasteiger charge is -2.30. The largest absolute Gasteiger partial charge is 0.480 e. The highest BCUT2D eigenvalue weighted by Gasteiger charge is 2.40. The maximum atomic E-state index is 12.1. The predicted molar refractivity (Wildman–Crippen MR) is 67.1 cm³/mol. The first kappa shape index (κ1) is 14.1. The molecule has 1 aliphatic rings. The van der Waals surface area contributed by atoms with Crippen molar-refractivity contribution >= 4 is 23.8 Å². The molecule has 7 heteroatoms. The molecule has 2 atom stereocenters. The highest BCUT2D eigenvalue weighted by molar-refractivity contribution is 8.00. The fraction of sp³-hybridized carbons (Fsp3) is 0.800. The molecule has 0 aromatic carbocycles. The van der Waals surface area contributed by atoms with Gasteiger partial charge in [0.2, 0.25) is 0 Å². The number of carboxylic acids is 1. The highest BCUT2D eigenvalue weighted by atomic mass is 32.2. The number of amides is 2. The fourth-order valence-corrected chi connectivity index (χ4v) is 2.86. The lowest BCUT2D eigenvalue weighted by molar-refractivity contribution is -0.141. The Balaban J connectivity index is 2.68. The van der Waals surface area contributed by atoms with Crippen LogP contribution in [0.2, 0.25) is 0 Å². The molecule has 0 aromatic rings. The molecule has 98 valence electrons. The smallest absolute Gasteiger partial charge is 0.327 e. The van der Waals surface area contributed by atoms with E-state index in [4.69, 9.17) is 5.11 Å². The number of aliphatic carboxylic acids is 1. The molecule has 2 amide bonds. The average Bonchev–Trinajstić information content (AvgIpc) is 2.67. The summed E-state index contributed by atoms with van der Waals surface area (Å²) in [5.74, 6) is -0.473. The van der Waals surface area contributed by atoms with Gasteiger partial charge in [0, 0.05) is 25.9 Å². The molecule has 6 nitrogen and oxygen atoms in total. The maximum absolute atomic E-state index is 12.1. The van der Waals surface area contributed by atoms with Gasteiger partial charge >= 0.3 is 12.0 Å². The minimum absolute atomic E-state index is 0.0827. The van der Waals surface area contributed by atoms with E-state index in [1.807, 2.05) is 14.0 Å². The number of carbonyl (C=O) groups is 2. The number of carbonyl (C=O) groups excluding carboxylic acids is 1. The lowest BCUT2D eigenvalue weighted by Crippen LogP contribution is -2.50. The summed E-state index contributed by atoms with van der Waals surface area (Å²) in [5.41, 5.74) is 0. The maximum Gasteiger partial charge on any atom is 0.327 e. The number of rotatable bonds is 4. The van der Waals surface area contributed by atoms with Crippen LogP contribution in [0.15, 0.2) is 0 Å². The summed E-state index contributed by atoms with van der Waals surface area (Å²) in [6.45, 7) is 3.11. The van der Waals surface area contributed by atoms with Crippen LogP contribution in [0.5, 0.6) is 0 Å². The third-order valence-corrected chi connectivity index (χ3v) is 3.97. The van der Waals surface area contributed by atoms with Crippen molar-refractivity contribution in [2.24, 2.45) is 0 Å². The van der Waals surface area contributed by atoms with Crippen molar-refractivity contribution in [2.45, 2.75) is 18.3 Å². The zero-order valence-electron chi connectivity index (χ0n) is 10.3. The van der Waals surface area contributed by atoms with Crippen LogP contribution in [-0.2, 0) is 4.79 Å². The zero-order chi connectivity index (χ0) is 13.0. The zero-order valence-corrected chi connectivity index (χ0v) is 11.2. The topological polar surface area (TPSA) is 72.9 Å². The first-order valence-electron chi connectivity index (χ1n) is 5.51. The van der Waals surface area contributed by atoms with Gasteiger partial charge in [-0.3, -0.25) is 4.90 Å². The molecule has 0 radical (unpaired) electrons. The second-order valence-electron chi connectivity index (χ2n) is 4.00. The van der Waals surface area contributed by atoms with Crippen LogP contribution in [0.3, 0.4) is 0 Å². The molecule has 17 heavy (non-hydrogen) atoms. The van der Waals surface area contributed by atoms with E-state index in [1.165, 1.54) is 16.7 Å². The Morgan fingerprint density at radius 3 is 2.76 bits per heavy atom. The van der Waals surface area contributed by atoms with Crippen molar-refractivity contribution in [3.8, 4) is 0 Å². The van der Waals surface area contributed by atoms with E-state index >= 15 is 0 Å². The Labute approximate surface area is 105 Å². The second-order valence-corrected chi connectivity index (χ2v) is 5.35. The van der Waals surface area contributed by atoms with E-state index in [9.17, 15) is 9.59 Å². The summed E-state index contributed by atoms with van der Waals surface area (Å²) >= 11 is 1.49. The van der Waals surface area contributed by atoms with Gasteiger partial charge in [-0.1, -0.05) is 0 Å². The average molecular weight is 261 g/mol. The van der Waals surface area contributed by atoms with Crippen molar-refractivity contribution in [1.82, 2.24) is 15.1 Å². The van der Waals surface area contributed by atoms with Crippen molar-refractivity contribution in [2.75, 3.05) is 32.9 Å². The fourth-order valence-electron chi connectivity index (χ4n) is 1.70. The summed E-state index contributed by atoms with van der Waals surface area (Å²) in [7, 11) is 3.50. The van der Waals surface area contributed by atoms with Gasteiger partial charge in [-0.2, -0.15) is 0 Å². The minimum atomic E-state index is -0.933. The van der Waals surface area contributed by atoms with E-state index in [1.54, 1.807) is 11.9 Å². The number of nitrogens with one attached hydrogen (secondary N) is 1. The van der Waals surface area contributed by atoms with Crippen LogP contribution < -0.4 is 5.32 Å². The monoisotopic (exact) mass is 261 g/mol. The molecule has 2 N–H and O–H groups in total. The Hall–Kier alpha value is -0.950. The van der Waals surface area contributed by atoms with Crippen molar-refractivity contribution in [1.29, 1.82) is 0 Å². The summed E-state index contributed by atoms with van der Waals surface area (Å²) < 4.78 is 0. The Kier molecular flexibility index (Phi) is 5.07. The van der Waals surface area contributed by atoms with Gasteiger partial charge in [-0.15, -0.1) is 11.8 Å². The molecule has 0 bridgehead atoms. The van der Waals surface area contributed by atoms with E-state index < -0.39 is 12.0 Å². The number of nitrogens with zero attached hydrogens (tertiary/aromatic N) is 2. The first-order valence-corrected chi connectivity index (χ1v) is 6.56. The molecule has 1 aliphatic heterocycles. The molecular weight excluding hydrogens is 242 g/mol. The van der Waals surface area contributed by atoms with Crippen molar-refractivity contribution in [3.05, 3.63) is 0 Å². The normalized spacial score (nSPS) is 23.8. The van der Waals surface area contributed by atoms with E-state index in [0.717, 1.165) is 0 Å². The van der Waals surface area contributed by atoms with Gasteiger partial charge in [0.05, 0.1) is 5.37 Å². The molecule has 2 unspecified atom stereocenters. The van der Waals surface area contributed by atoms with Crippen LogP contribution in [0.1, 0.15) is 6.92 Å². The van der Waals surface area contributed by atoms with Gasteiger partial charge in [0.25, 0.3) is 0 Å². The van der Waals surface area contributed by atoms with Crippen LogP contribution in [-0.4, -0.2) is 71.3 Å². The molecule has 0 aromatic heterocycles. The van der Waals surface area contributed by atoms with Gasteiger partial charge < -0.3 is 15.3 Å². The molecule has 1 heterocycles. The SMILES string of the molecule is CNCCN(C)C(=O)N1C(C)SCC1C(=O)O. The Bertz CT molecular complexity index is 301.